The fourth-order valence-electron chi connectivity index (χ4n) is 1.35. The lowest BCUT2D eigenvalue weighted by Crippen LogP contribution is -2.12. The summed E-state index contributed by atoms with van der Waals surface area (Å²) in [5, 5.41) is 0. The Balaban J connectivity index is 2.14. The highest BCUT2D eigenvalue weighted by Crippen LogP contribution is 2.33. The van der Waals surface area contributed by atoms with Crippen molar-refractivity contribution >= 4 is 0 Å². The molecule has 2 aliphatic rings. The molecule has 0 aromatic rings. The topological polar surface area (TPSA) is 0 Å². The second kappa shape index (κ2) is 2.34. The molecule has 50 valence electrons. The van der Waals surface area contributed by atoms with Crippen LogP contribution in [0.25, 0.3) is 0 Å². The van der Waals surface area contributed by atoms with Crippen LogP contribution >= 0.6 is 0 Å². The molecule has 0 N–H and O–H groups in total. The lowest BCUT2D eigenvalue weighted by atomic mass is 9.79. The average Bonchev–Trinajstić information content (AvgIpc) is 1.86. The average molecular weight is 130 g/mol. The Kier molecular flexibility index (Phi) is 1.36. The molecule has 0 heterocycles. The van der Waals surface area contributed by atoms with Gasteiger partial charge in [0.15, 0.2) is 0 Å². The quantitative estimate of drug-likeness (QED) is 0.478. The van der Waals surface area contributed by atoms with E-state index in [4.69, 9.17) is 0 Å². The van der Waals surface area contributed by atoms with E-state index in [9.17, 15) is 0 Å². The van der Waals surface area contributed by atoms with Crippen LogP contribution < -0.4 is 0 Å². The van der Waals surface area contributed by atoms with Gasteiger partial charge in [-0.15, -0.1) is 0 Å². The molecule has 2 aliphatic carbocycles. The van der Waals surface area contributed by atoms with Crippen LogP contribution in [0, 0.1) is 5.92 Å². The van der Waals surface area contributed by atoms with Gasteiger partial charge in [0.1, 0.15) is 0 Å². The van der Waals surface area contributed by atoms with Crippen LogP contribution in [-0.4, -0.2) is 0 Å². The molecule has 0 saturated heterocycles. The molecule has 10 heavy (non-hydrogen) atoms. The first-order chi connectivity index (χ1) is 4.97. The van der Waals surface area contributed by atoms with E-state index in [0.29, 0.717) is 0 Å². The monoisotopic (exact) mass is 130 g/mol. The lowest BCUT2D eigenvalue weighted by molar-refractivity contribution is 0.374. The minimum absolute atomic E-state index is 0.839. The smallest absolute Gasteiger partial charge is 0.00802 e. The van der Waals surface area contributed by atoms with E-state index >= 15 is 0 Å². The third-order valence-electron chi connectivity index (χ3n) is 2.26. The minimum Gasteiger partial charge on any atom is -0.0702 e. The number of hydrogen-bond acceptors (Lipinski definition) is 0. The van der Waals surface area contributed by atoms with Crippen molar-refractivity contribution in [3.8, 4) is 0 Å². The summed E-state index contributed by atoms with van der Waals surface area (Å²) >= 11 is 0. The molecule has 0 aliphatic heterocycles. The molecule has 2 rings (SSSR count). The van der Waals surface area contributed by atoms with Gasteiger partial charge in [-0.25, -0.2) is 0 Å². The van der Waals surface area contributed by atoms with Crippen molar-refractivity contribution in [1.29, 1.82) is 0 Å². The number of hydrogen-bond donors (Lipinski definition) is 0. The summed E-state index contributed by atoms with van der Waals surface area (Å²) in [7, 11) is 0. The van der Waals surface area contributed by atoms with Crippen LogP contribution in [0.2, 0.25) is 0 Å². The highest BCUT2D eigenvalue weighted by Gasteiger charge is 2.19. The second-order valence-corrected chi connectivity index (χ2v) is 2.89. The molecule has 0 heteroatoms. The molecule has 1 fully saturated rings. The Morgan fingerprint density at radius 3 is 2.70 bits per heavy atom. The predicted molar refractivity (Wildman–Crippen MR) is 41.6 cm³/mol. The van der Waals surface area contributed by atoms with Crippen molar-refractivity contribution in [3.63, 3.8) is 0 Å². The third kappa shape index (κ3) is 0.885. The molecular formula is C10H10. The van der Waals surface area contributed by atoms with E-state index in [1.54, 1.807) is 0 Å². The van der Waals surface area contributed by atoms with Crippen molar-refractivity contribution in [3.05, 3.63) is 35.3 Å². The molecule has 0 atom stereocenters. The SMILES string of the molecule is C1=C=CC(C2CCC2)=CC=1. The van der Waals surface area contributed by atoms with Gasteiger partial charge in [-0.3, -0.25) is 0 Å². The van der Waals surface area contributed by atoms with Crippen molar-refractivity contribution in [2.45, 2.75) is 19.3 Å². The summed E-state index contributed by atoms with van der Waals surface area (Å²) in [5.41, 5.74) is 7.34. The Morgan fingerprint density at radius 1 is 1.30 bits per heavy atom. The third-order valence-corrected chi connectivity index (χ3v) is 2.26. The van der Waals surface area contributed by atoms with Crippen LogP contribution in [0.5, 0.6) is 0 Å². The maximum absolute atomic E-state index is 2.99. The summed E-state index contributed by atoms with van der Waals surface area (Å²) in [4.78, 5) is 0. The standard InChI is InChI=1S/C10H10/c1-2-5-9(6-3-1)10-7-4-8-10/h2,5-6,10H,4,7-8H2. The molecule has 1 saturated carbocycles. The predicted octanol–water partition coefficient (Wildman–Crippen LogP) is 2.59. The van der Waals surface area contributed by atoms with Gasteiger partial charge < -0.3 is 0 Å². The van der Waals surface area contributed by atoms with Crippen molar-refractivity contribution in [2.24, 2.45) is 5.92 Å². The fourth-order valence-corrected chi connectivity index (χ4v) is 1.35. The molecule has 0 aromatic carbocycles. The van der Waals surface area contributed by atoms with Crippen molar-refractivity contribution < 1.29 is 0 Å². The molecule has 0 unspecified atom stereocenters. The van der Waals surface area contributed by atoms with Crippen LogP contribution in [0.15, 0.2) is 35.3 Å². The molecule has 0 amide bonds. The first kappa shape index (κ1) is 5.80. The van der Waals surface area contributed by atoms with Gasteiger partial charge in [0.05, 0.1) is 0 Å². The summed E-state index contributed by atoms with van der Waals surface area (Å²) < 4.78 is 0. The minimum atomic E-state index is 0.839. The largest absolute Gasteiger partial charge is 0.0702 e. The van der Waals surface area contributed by atoms with Crippen molar-refractivity contribution in [1.82, 2.24) is 0 Å². The molecule has 0 spiro atoms. The zero-order valence-electron chi connectivity index (χ0n) is 5.93. The van der Waals surface area contributed by atoms with E-state index in [-0.39, 0.29) is 0 Å². The Bertz CT molecular complexity index is 252. The van der Waals surface area contributed by atoms with Crippen molar-refractivity contribution in [2.75, 3.05) is 0 Å². The Labute approximate surface area is 61.3 Å². The second-order valence-electron chi connectivity index (χ2n) is 2.89. The van der Waals surface area contributed by atoms with Crippen LogP contribution in [0.3, 0.4) is 0 Å². The fraction of sp³-hybridized carbons (Fsp3) is 0.400. The van der Waals surface area contributed by atoms with E-state index in [1.807, 2.05) is 6.08 Å². The molecule has 0 nitrogen and oxygen atoms in total. The van der Waals surface area contributed by atoms with Gasteiger partial charge in [0, 0.05) is 0 Å². The van der Waals surface area contributed by atoms with Gasteiger partial charge in [0.2, 0.25) is 0 Å². The molecule has 0 aromatic heterocycles. The van der Waals surface area contributed by atoms with Crippen LogP contribution in [0.1, 0.15) is 19.3 Å². The summed E-state index contributed by atoms with van der Waals surface area (Å²) in [6.45, 7) is 0. The lowest BCUT2D eigenvalue weighted by Gasteiger charge is -2.26. The van der Waals surface area contributed by atoms with E-state index in [2.05, 4.69) is 23.6 Å². The Hall–Kier alpha value is -0.960. The zero-order valence-corrected chi connectivity index (χ0v) is 5.93. The Morgan fingerprint density at radius 2 is 2.20 bits per heavy atom. The number of rotatable bonds is 1. The normalized spacial score (nSPS) is 22.6. The van der Waals surface area contributed by atoms with Crippen LogP contribution in [-0.2, 0) is 0 Å². The summed E-state index contributed by atoms with van der Waals surface area (Å²) in [6, 6.07) is 0. The molecular weight excluding hydrogens is 120 g/mol. The summed E-state index contributed by atoms with van der Waals surface area (Å²) in [5.74, 6) is 0.839. The van der Waals surface area contributed by atoms with Gasteiger partial charge in [-0.2, -0.15) is 0 Å². The van der Waals surface area contributed by atoms with Gasteiger partial charge in [0.25, 0.3) is 0 Å². The van der Waals surface area contributed by atoms with E-state index in [0.717, 1.165) is 5.92 Å². The maximum atomic E-state index is 2.99. The highest BCUT2D eigenvalue weighted by molar-refractivity contribution is 5.30. The van der Waals surface area contributed by atoms with Gasteiger partial charge in [-0.1, -0.05) is 17.9 Å². The highest BCUT2D eigenvalue weighted by atomic mass is 14.2. The summed E-state index contributed by atoms with van der Waals surface area (Å²) in [6.07, 6.45) is 10.3. The van der Waals surface area contributed by atoms with E-state index in [1.165, 1.54) is 24.8 Å². The van der Waals surface area contributed by atoms with Crippen LogP contribution in [0.4, 0.5) is 0 Å². The maximum Gasteiger partial charge on any atom is -0.00802 e. The first-order valence-electron chi connectivity index (χ1n) is 3.84. The molecule has 0 radical (unpaired) electrons. The zero-order chi connectivity index (χ0) is 6.81. The van der Waals surface area contributed by atoms with Gasteiger partial charge >= 0.3 is 0 Å². The molecule has 0 bridgehead atoms. The number of allylic oxidation sites excluding steroid dienone is 4. The van der Waals surface area contributed by atoms with E-state index < -0.39 is 0 Å². The first-order valence-corrected chi connectivity index (χ1v) is 3.84. The van der Waals surface area contributed by atoms with Gasteiger partial charge in [-0.05, 0) is 42.6 Å².